The van der Waals surface area contributed by atoms with Crippen molar-refractivity contribution in [3.63, 3.8) is 0 Å². The monoisotopic (exact) mass is 413 g/mol. The van der Waals surface area contributed by atoms with Crippen molar-refractivity contribution in [3.05, 3.63) is 59.2 Å². The Balaban J connectivity index is 1.95. The molecule has 1 fully saturated rings. The Bertz CT molecular complexity index is 1020. The summed E-state index contributed by atoms with van der Waals surface area (Å²) in [7, 11) is -3.92. The summed E-state index contributed by atoms with van der Waals surface area (Å²) in [6, 6.07) is 12.1. The van der Waals surface area contributed by atoms with Crippen molar-refractivity contribution < 1.29 is 13.2 Å². The highest BCUT2D eigenvalue weighted by Gasteiger charge is 2.28. The zero-order chi connectivity index (χ0) is 21.0. The van der Waals surface area contributed by atoms with Crippen LogP contribution in [0.25, 0.3) is 0 Å². The maximum atomic E-state index is 13.4. The third-order valence-electron chi connectivity index (χ3n) is 5.26. The van der Waals surface area contributed by atoms with E-state index in [0.29, 0.717) is 5.69 Å². The molecule has 154 valence electrons. The molecule has 2 aromatic carbocycles. The molecule has 1 saturated carbocycles. The number of carbonyl (C=O) groups is 1. The fourth-order valence-electron chi connectivity index (χ4n) is 3.35. The second-order valence-corrected chi connectivity index (χ2v) is 9.33. The zero-order valence-electron chi connectivity index (χ0n) is 17.1. The third-order valence-corrected chi connectivity index (χ3v) is 7.03. The van der Waals surface area contributed by atoms with Gasteiger partial charge >= 0.3 is 0 Å². The summed E-state index contributed by atoms with van der Waals surface area (Å²) >= 11 is 0. The van der Waals surface area contributed by atoms with Gasteiger partial charge in [0.25, 0.3) is 15.9 Å². The fraction of sp³-hybridized carbons (Fsp3) is 0.364. The van der Waals surface area contributed by atoms with E-state index >= 15 is 0 Å². The van der Waals surface area contributed by atoms with Gasteiger partial charge in [0, 0.05) is 5.71 Å². The van der Waals surface area contributed by atoms with E-state index in [4.69, 9.17) is 0 Å². The van der Waals surface area contributed by atoms with Gasteiger partial charge in [-0.3, -0.25) is 9.10 Å². The Morgan fingerprint density at radius 1 is 1.03 bits per heavy atom. The summed E-state index contributed by atoms with van der Waals surface area (Å²) in [5.74, 6) is -0.457. The standard InChI is InChI=1S/C22H27N3O3S/c1-16-11-13-20(14-12-16)29(27,28)25(21-10-6-7-17(2)18(21)3)15-22(26)24-23-19-8-4-5-9-19/h6-7,10-14H,4-5,8-9,15H2,1-3H3,(H,24,26). The lowest BCUT2D eigenvalue weighted by Crippen LogP contribution is -2.40. The zero-order valence-corrected chi connectivity index (χ0v) is 17.9. The van der Waals surface area contributed by atoms with Crippen molar-refractivity contribution >= 4 is 27.3 Å². The molecule has 1 N–H and O–H groups in total. The van der Waals surface area contributed by atoms with Crippen LogP contribution >= 0.6 is 0 Å². The lowest BCUT2D eigenvalue weighted by atomic mass is 10.1. The second-order valence-electron chi connectivity index (χ2n) is 7.46. The lowest BCUT2D eigenvalue weighted by Gasteiger charge is -2.26. The van der Waals surface area contributed by atoms with Gasteiger partial charge in [0.15, 0.2) is 0 Å². The number of hydrogen-bond donors (Lipinski definition) is 1. The summed E-state index contributed by atoms with van der Waals surface area (Å²) in [5, 5.41) is 4.17. The molecule has 1 aliphatic rings. The number of sulfonamides is 1. The molecule has 29 heavy (non-hydrogen) atoms. The summed E-state index contributed by atoms with van der Waals surface area (Å²) in [6.45, 7) is 5.34. The van der Waals surface area contributed by atoms with E-state index in [1.54, 1.807) is 36.4 Å². The molecule has 0 heterocycles. The fourth-order valence-corrected chi connectivity index (χ4v) is 4.82. The van der Waals surface area contributed by atoms with E-state index in [2.05, 4.69) is 10.5 Å². The highest BCUT2D eigenvalue weighted by atomic mass is 32.2. The second kappa shape index (κ2) is 8.78. The molecule has 0 aliphatic heterocycles. The molecule has 0 atom stereocenters. The minimum absolute atomic E-state index is 0.152. The molecule has 0 saturated heterocycles. The molecule has 0 aromatic heterocycles. The molecule has 1 aliphatic carbocycles. The molecule has 3 rings (SSSR count). The van der Waals surface area contributed by atoms with Crippen molar-refractivity contribution in [1.82, 2.24) is 5.43 Å². The summed E-state index contributed by atoms with van der Waals surface area (Å²) < 4.78 is 28.0. The molecule has 6 nitrogen and oxygen atoms in total. The summed E-state index contributed by atoms with van der Waals surface area (Å²) in [6.07, 6.45) is 3.90. The Morgan fingerprint density at radius 2 is 1.69 bits per heavy atom. The Morgan fingerprint density at radius 3 is 2.34 bits per heavy atom. The van der Waals surface area contributed by atoms with Crippen molar-refractivity contribution in [2.45, 2.75) is 51.3 Å². The average molecular weight is 414 g/mol. The van der Waals surface area contributed by atoms with Crippen LogP contribution in [0, 0.1) is 20.8 Å². The van der Waals surface area contributed by atoms with Gasteiger partial charge in [-0.1, -0.05) is 29.8 Å². The van der Waals surface area contributed by atoms with Crippen molar-refractivity contribution in [2.24, 2.45) is 5.10 Å². The Hall–Kier alpha value is -2.67. The summed E-state index contributed by atoms with van der Waals surface area (Å²) in [5.41, 5.74) is 6.73. The first-order chi connectivity index (χ1) is 13.8. The van der Waals surface area contributed by atoms with Gasteiger partial charge in [-0.15, -0.1) is 0 Å². The van der Waals surface area contributed by atoms with E-state index in [1.165, 1.54) is 4.31 Å². The van der Waals surface area contributed by atoms with Crippen LogP contribution in [0.4, 0.5) is 5.69 Å². The van der Waals surface area contributed by atoms with Crippen LogP contribution in [0.15, 0.2) is 52.5 Å². The number of hydrogen-bond acceptors (Lipinski definition) is 4. The van der Waals surface area contributed by atoms with Gasteiger partial charge in [0.1, 0.15) is 6.54 Å². The first-order valence-electron chi connectivity index (χ1n) is 9.79. The predicted molar refractivity (Wildman–Crippen MR) is 116 cm³/mol. The number of anilines is 1. The van der Waals surface area contributed by atoms with Crippen LogP contribution in [0.1, 0.15) is 42.4 Å². The maximum absolute atomic E-state index is 13.4. The molecule has 0 spiro atoms. The smallest absolute Gasteiger partial charge is 0.264 e. The van der Waals surface area contributed by atoms with Crippen molar-refractivity contribution in [3.8, 4) is 0 Å². The van der Waals surface area contributed by atoms with Gasteiger partial charge in [-0.25, -0.2) is 13.8 Å². The largest absolute Gasteiger partial charge is 0.271 e. The number of nitrogens with zero attached hydrogens (tertiary/aromatic N) is 2. The van der Waals surface area contributed by atoms with Crippen molar-refractivity contribution in [1.29, 1.82) is 0 Å². The molecule has 0 unspecified atom stereocenters. The molecule has 2 aromatic rings. The normalized spacial score (nSPS) is 14.0. The van der Waals surface area contributed by atoms with E-state index in [-0.39, 0.29) is 11.4 Å². The molecular weight excluding hydrogens is 386 g/mol. The minimum atomic E-state index is -3.92. The topological polar surface area (TPSA) is 78.8 Å². The Kier molecular flexibility index (Phi) is 6.37. The Labute approximate surface area is 172 Å². The average Bonchev–Trinajstić information content (AvgIpc) is 3.21. The maximum Gasteiger partial charge on any atom is 0.264 e. The number of aryl methyl sites for hydroxylation is 2. The predicted octanol–water partition coefficient (Wildman–Crippen LogP) is 3.85. The van der Waals surface area contributed by atoms with Crippen LogP contribution in [0.2, 0.25) is 0 Å². The molecule has 0 bridgehead atoms. The highest BCUT2D eigenvalue weighted by Crippen LogP contribution is 2.28. The number of carbonyl (C=O) groups excluding carboxylic acids is 1. The summed E-state index contributed by atoms with van der Waals surface area (Å²) in [4.78, 5) is 12.7. The van der Waals surface area contributed by atoms with Crippen LogP contribution < -0.4 is 9.73 Å². The van der Waals surface area contributed by atoms with E-state index in [1.807, 2.05) is 26.8 Å². The number of benzene rings is 2. The number of rotatable bonds is 6. The minimum Gasteiger partial charge on any atom is -0.271 e. The van der Waals surface area contributed by atoms with Crippen molar-refractivity contribution in [2.75, 3.05) is 10.8 Å². The SMILES string of the molecule is Cc1ccc(S(=O)(=O)N(CC(=O)NN=C2CCCC2)c2cccc(C)c2C)cc1. The van der Waals surface area contributed by atoms with E-state index < -0.39 is 15.9 Å². The van der Waals surface area contributed by atoms with Gasteiger partial charge in [0.05, 0.1) is 10.6 Å². The quantitative estimate of drug-likeness (QED) is 0.731. The first-order valence-corrected chi connectivity index (χ1v) is 11.2. The molecular formula is C22H27N3O3S. The van der Waals surface area contributed by atoms with Gasteiger partial charge in [-0.05, 0) is 75.8 Å². The van der Waals surface area contributed by atoms with Crippen LogP contribution in [0.3, 0.4) is 0 Å². The number of amides is 1. The first kappa shape index (κ1) is 21.0. The van der Waals surface area contributed by atoms with Gasteiger partial charge in [-0.2, -0.15) is 5.10 Å². The number of hydrazone groups is 1. The van der Waals surface area contributed by atoms with Crippen LogP contribution in [0.5, 0.6) is 0 Å². The van der Waals surface area contributed by atoms with Crippen LogP contribution in [-0.2, 0) is 14.8 Å². The lowest BCUT2D eigenvalue weighted by molar-refractivity contribution is -0.119. The van der Waals surface area contributed by atoms with E-state index in [9.17, 15) is 13.2 Å². The van der Waals surface area contributed by atoms with E-state index in [0.717, 1.165) is 48.1 Å². The highest BCUT2D eigenvalue weighted by molar-refractivity contribution is 7.92. The molecule has 7 heteroatoms. The molecule has 0 radical (unpaired) electrons. The number of nitrogens with one attached hydrogen (secondary N) is 1. The third kappa shape index (κ3) is 4.85. The van der Waals surface area contributed by atoms with Gasteiger partial charge in [0.2, 0.25) is 0 Å². The van der Waals surface area contributed by atoms with Crippen LogP contribution in [-0.4, -0.2) is 26.6 Å². The van der Waals surface area contributed by atoms with Gasteiger partial charge < -0.3 is 0 Å². The molecule has 1 amide bonds.